The Bertz CT molecular complexity index is 1050. The monoisotopic (exact) mass is 338 g/mol. The van der Waals surface area contributed by atoms with Gasteiger partial charge in [0, 0.05) is 4.88 Å². The number of hydrogen-bond acceptors (Lipinski definition) is 5. The van der Waals surface area contributed by atoms with E-state index in [9.17, 15) is 4.79 Å². The molecule has 1 aliphatic heterocycles. The summed E-state index contributed by atoms with van der Waals surface area (Å²) in [6, 6.07) is 5.74. The van der Waals surface area contributed by atoms with Gasteiger partial charge in [-0.25, -0.2) is 4.98 Å². The molecule has 2 aliphatic rings. The Morgan fingerprint density at radius 1 is 1.17 bits per heavy atom. The van der Waals surface area contributed by atoms with Crippen LogP contribution in [0.1, 0.15) is 28.2 Å². The summed E-state index contributed by atoms with van der Waals surface area (Å²) in [5, 5.41) is 0.785. The minimum absolute atomic E-state index is 0.0373. The number of aromatic nitrogens is 2. The molecule has 120 valence electrons. The number of benzene rings is 1. The van der Waals surface area contributed by atoms with Crippen molar-refractivity contribution in [1.29, 1.82) is 0 Å². The Morgan fingerprint density at radius 2 is 2.08 bits per heavy atom. The first-order chi connectivity index (χ1) is 11.8. The van der Waals surface area contributed by atoms with Crippen LogP contribution in [0.4, 0.5) is 0 Å². The normalized spacial score (nSPS) is 15.5. The number of nitrogens with one attached hydrogen (secondary N) is 1. The maximum absolute atomic E-state index is 12.4. The average Bonchev–Trinajstić information content (AvgIpc) is 3.27. The SMILES string of the molecule is O=c1[nH]c(/C=C/c2ccc3c(c2)OCO3)nc2sc3c(c12)CCC3. The fraction of sp³-hybridized carbons (Fsp3) is 0.222. The second-order valence-electron chi connectivity index (χ2n) is 5.93. The van der Waals surface area contributed by atoms with E-state index in [4.69, 9.17) is 9.47 Å². The molecule has 0 amide bonds. The van der Waals surface area contributed by atoms with Crippen LogP contribution >= 0.6 is 11.3 Å². The van der Waals surface area contributed by atoms with E-state index in [0.717, 1.165) is 46.5 Å². The maximum atomic E-state index is 12.4. The Balaban J connectivity index is 1.52. The summed E-state index contributed by atoms with van der Waals surface area (Å²) in [4.78, 5) is 22.1. The third kappa shape index (κ3) is 2.14. The van der Waals surface area contributed by atoms with Crippen LogP contribution in [0.25, 0.3) is 22.4 Å². The van der Waals surface area contributed by atoms with Crippen molar-refractivity contribution in [2.75, 3.05) is 6.79 Å². The molecule has 5 nitrogen and oxygen atoms in total. The molecule has 6 heteroatoms. The molecule has 24 heavy (non-hydrogen) atoms. The highest BCUT2D eigenvalue weighted by Crippen LogP contribution is 2.35. The van der Waals surface area contributed by atoms with E-state index in [1.807, 2.05) is 30.4 Å². The summed E-state index contributed by atoms with van der Waals surface area (Å²) in [6.45, 7) is 0.261. The molecule has 0 saturated heterocycles. The van der Waals surface area contributed by atoms with Gasteiger partial charge in [-0.15, -0.1) is 11.3 Å². The first-order valence-corrected chi connectivity index (χ1v) is 8.72. The molecule has 5 rings (SSSR count). The van der Waals surface area contributed by atoms with E-state index in [1.165, 1.54) is 10.4 Å². The standard InChI is InChI=1S/C18H14N2O3S/c21-17-16-11-2-1-3-14(11)24-18(16)20-15(19-17)7-5-10-4-6-12-13(8-10)23-9-22-12/h4-8H,1-3,9H2,(H,19,20,21)/b7-5+. The van der Waals surface area contributed by atoms with Crippen molar-refractivity contribution in [3.63, 3.8) is 0 Å². The fourth-order valence-electron chi connectivity index (χ4n) is 3.29. The lowest BCUT2D eigenvalue weighted by atomic mass is 10.2. The van der Waals surface area contributed by atoms with Crippen molar-refractivity contribution in [3.05, 3.63) is 50.4 Å². The van der Waals surface area contributed by atoms with Gasteiger partial charge in [0.2, 0.25) is 6.79 Å². The van der Waals surface area contributed by atoms with Gasteiger partial charge in [-0.2, -0.15) is 0 Å². The summed E-state index contributed by atoms with van der Waals surface area (Å²) in [5.74, 6) is 2.07. The number of H-pyrrole nitrogens is 1. The highest BCUT2D eigenvalue weighted by atomic mass is 32.1. The van der Waals surface area contributed by atoms with E-state index in [0.29, 0.717) is 5.82 Å². The molecule has 0 bridgehead atoms. The zero-order valence-electron chi connectivity index (χ0n) is 12.8. The van der Waals surface area contributed by atoms with E-state index in [2.05, 4.69) is 9.97 Å². The molecule has 0 spiro atoms. The molecule has 1 N–H and O–H groups in total. The Hall–Kier alpha value is -2.60. The second kappa shape index (κ2) is 5.21. The smallest absolute Gasteiger partial charge is 0.260 e. The molecule has 1 aromatic carbocycles. The molecule has 0 fully saturated rings. The van der Waals surface area contributed by atoms with Gasteiger partial charge in [0.25, 0.3) is 5.56 Å². The van der Waals surface area contributed by atoms with Crippen LogP contribution in [0.15, 0.2) is 23.0 Å². The summed E-state index contributed by atoms with van der Waals surface area (Å²) in [5.41, 5.74) is 2.13. The molecular weight excluding hydrogens is 324 g/mol. The number of aryl methyl sites for hydroxylation is 2. The van der Waals surface area contributed by atoms with Gasteiger partial charge >= 0.3 is 0 Å². The minimum Gasteiger partial charge on any atom is -0.454 e. The second-order valence-corrected chi connectivity index (χ2v) is 7.02. The Labute approximate surface area is 141 Å². The molecule has 0 saturated carbocycles. The Kier molecular flexibility index (Phi) is 2.99. The summed E-state index contributed by atoms with van der Waals surface area (Å²) < 4.78 is 10.7. The molecular formula is C18H14N2O3S. The molecule has 3 heterocycles. The van der Waals surface area contributed by atoms with Gasteiger partial charge < -0.3 is 14.5 Å². The van der Waals surface area contributed by atoms with Crippen molar-refractivity contribution < 1.29 is 9.47 Å². The minimum atomic E-state index is -0.0373. The lowest BCUT2D eigenvalue weighted by Gasteiger charge is -1.98. The van der Waals surface area contributed by atoms with Crippen molar-refractivity contribution in [2.24, 2.45) is 0 Å². The number of aromatic amines is 1. The van der Waals surface area contributed by atoms with Gasteiger partial charge in [-0.1, -0.05) is 12.1 Å². The van der Waals surface area contributed by atoms with Crippen LogP contribution in [0.5, 0.6) is 11.5 Å². The van der Waals surface area contributed by atoms with E-state index in [-0.39, 0.29) is 12.4 Å². The summed E-state index contributed by atoms with van der Waals surface area (Å²) in [6.07, 6.45) is 6.93. The lowest BCUT2D eigenvalue weighted by molar-refractivity contribution is 0.174. The molecule has 3 aromatic rings. The zero-order chi connectivity index (χ0) is 16.1. The third-order valence-electron chi connectivity index (χ3n) is 4.42. The van der Waals surface area contributed by atoms with Gasteiger partial charge in [-0.3, -0.25) is 4.79 Å². The molecule has 0 atom stereocenters. The van der Waals surface area contributed by atoms with Crippen LogP contribution in [0.2, 0.25) is 0 Å². The number of thiophene rings is 1. The zero-order valence-corrected chi connectivity index (χ0v) is 13.6. The topological polar surface area (TPSA) is 64.2 Å². The summed E-state index contributed by atoms with van der Waals surface area (Å²) in [7, 11) is 0. The number of rotatable bonds is 2. The molecule has 0 radical (unpaired) electrons. The van der Waals surface area contributed by atoms with Crippen molar-refractivity contribution in [1.82, 2.24) is 9.97 Å². The van der Waals surface area contributed by atoms with Crippen molar-refractivity contribution in [3.8, 4) is 11.5 Å². The number of fused-ring (bicyclic) bond motifs is 4. The first-order valence-electron chi connectivity index (χ1n) is 7.90. The number of nitrogens with zero attached hydrogens (tertiary/aromatic N) is 1. The largest absolute Gasteiger partial charge is 0.454 e. The van der Waals surface area contributed by atoms with Gasteiger partial charge in [0.15, 0.2) is 11.5 Å². The van der Waals surface area contributed by atoms with Crippen LogP contribution in [-0.2, 0) is 12.8 Å². The lowest BCUT2D eigenvalue weighted by Crippen LogP contribution is -2.09. The highest BCUT2D eigenvalue weighted by Gasteiger charge is 2.20. The van der Waals surface area contributed by atoms with E-state index < -0.39 is 0 Å². The van der Waals surface area contributed by atoms with Crippen LogP contribution in [0, 0.1) is 0 Å². The van der Waals surface area contributed by atoms with Gasteiger partial charge in [0.05, 0.1) is 5.39 Å². The third-order valence-corrected chi connectivity index (χ3v) is 5.61. The van der Waals surface area contributed by atoms with Gasteiger partial charge in [0.1, 0.15) is 10.7 Å². The van der Waals surface area contributed by atoms with Crippen LogP contribution < -0.4 is 15.0 Å². The summed E-state index contributed by atoms with van der Waals surface area (Å²) >= 11 is 1.65. The van der Waals surface area contributed by atoms with Crippen LogP contribution in [0.3, 0.4) is 0 Å². The van der Waals surface area contributed by atoms with Crippen LogP contribution in [-0.4, -0.2) is 16.8 Å². The quantitative estimate of drug-likeness (QED) is 0.778. The molecule has 0 unspecified atom stereocenters. The van der Waals surface area contributed by atoms with E-state index in [1.54, 1.807) is 11.3 Å². The molecule has 2 aromatic heterocycles. The highest BCUT2D eigenvalue weighted by molar-refractivity contribution is 7.18. The number of ether oxygens (including phenoxy) is 2. The maximum Gasteiger partial charge on any atom is 0.260 e. The van der Waals surface area contributed by atoms with Crippen molar-refractivity contribution >= 4 is 33.7 Å². The number of hydrogen-bond donors (Lipinski definition) is 1. The Morgan fingerprint density at radius 3 is 3.04 bits per heavy atom. The fourth-order valence-corrected chi connectivity index (χ4v) is 4.56. The predicted octanol–water partition coefficient (Wildman–Crippen LogP) is 3.37. The molecule has 1 aliphatic carbocycles. The van der Waals surface area contributed by atoms with E-state index >= 15 is 0 Å². The van der Waals surface area contributed by atoms with Gasteiger partial charge in [-0.05, 0) is 48.6 Å². The average molecular weight is 338 g/mol. The van der Waals surface area contributed by atoms with Crippen molar-refractivity contribution in [2.45, 2.75) is 19.3 Å². The first kappa shape index (κ1) is 13.8. The predicted molar refractivity (Wildman–Crippen MR) is 93.8 cm³/mol.